The molecular formula is C19H23N3O5. The summed E-state index contributed by atoms with van der Waals surface area (Å²) in [6, 6.07) is 7.58. The van der Waals surface area contributed by atoms with Gasteiger partial charge in [0.2, 0.25) is 0 Å². The highest BCUT2D eigenvalue weighted by Crippen LogP contribution is 2.27. The number of methoxy groups -OCH3 is 1. The number of benzene rings is 1. The Bertz CT molecular complexity index is 863. The van der Waals surface area contributed by atoms with E-state index >= 15 is 0 Å². The number of ether oxygens (including phenoxy) is 2. The molecule has 1 fully saturated rings. The molecule has 0 bridgehead atoms. The first-order valence-electron chi connectivity index (χ1n) is 8.75. The van der Waals surface area contributed by atoms with Gasteiger partial charge in [0, 0.05) is 12.1 Å². The Morgan fingerprint density at radius 1 is 1.33 bits per heavy atom. The zero-order valence-electron chi connectivity index (χ0n) is 15.4. The molecule has 1 aromatic heterocycles. The normalized spacial score (nSPS) is 16.1. The van der Waals surface area contributed by atoms with Gasteiger partial charge in [-0.15, -0.1) is 0 Å². The van der Waals surface area contributed by atoms with E-state index < -0.39 is 5.97 Å². The van der Waals surface area contributed by atoms with E-state index in [1.165, 1.54) is 4.68 Å². The van der Waals surface area contributed by atoms with Gasteiger partial charge in [0.05, 0.1) is 38.2 Å². The molecule has 1 N–H and O–H groups in total. The van der Waals surface area contributed by atoms with Crippen molar-refractivity contribution in [2.45, 2.75) is 25.9 Å². The second kappa shape index (κ2) is 8.22. The topological polar surface area (TPSA) is 93.9 Å². The zero-order chi connectivity index (χ0) is 19.4. The van der Waals surface area contributed by atoms with Crippen molar-refractivity contribution in [3.05, 3.63) is 51.9 Å². The Hall–Kier alpha value is -2.87. The average molecular weight is 373 g/mol. The second-order valence-corrected chi connectivity index (χ2v) is 6.51. The molecule has 1 saturated heterocycles. The van der Waals surface area contributed by atoms with E-state index in [0.717, 1.165) is 30.0 Å². The van der Waals surface area contributed by atoms with E-state index in [0.29, 0.717) is 18.7 Å². The van der Waals surface area contributed by atoms with Gasteiger partial charge in [-0.2, -0.15) is 5.10 Å². The smallest absolute Gasteiger partial charge is 0.329 e. The fourth-order valence-corrected chi connectivity index (χ4v) is 3.10. The van der Waals surface area contributed by atoms with Gasteiger partial charge >= 0.3 is 5.97 Å². The SMILES string of the molecule is COc1ccc(Cn2ncc(N3CC[C@H]3COCC(=O)O)c(C)c2=O)cc1. The molecule has 0 amide bonds. The molecule has 0 spiro atoms. The van der Waals surface area contributed by atoms with Gasteiger partial charge in [-0.25, -0.2) is 9.48 Å². The van der Waals surface area contributed by atoms with Crippen molar-refractivity contribution in [2.24, 2.45) is 0 Å². The van der Waals surface area contributed by atoms with Crippen molar-refractivity contribution in [3.63, 3.8) is 0 Å². The number of nitrogens with zero attached hydrogens (tertiary/aromatic N) is 3. The van der Waals surface area contributed by atoms with Crippen LogP contribution in [0.3, 0.4) is 0 Å². The summed E-state index contributed by atoms with van der Waals surface area (Å²) in [5.41, 5.74) is 2.23. The molecule has 1 atom stereocenters. The van der Waals surface area contributed by atoms with Crippen molar-refractivity contribution < 1.29 is 19.4 Å². The quantitative estimate of drug-likeness (QED) is 0.745. The van der Waals surface area contributed by atoms with Crippen LogP contribution in [0.4, 0.5) is 5.69 Å². The van der Waals surface area contributed by atoms with Crippen LogP contribution in [0.2, 0.25) is 0 Å². The molecule has 0 unspecified atom stereocenters. The minimum Gasteiger partial charge on any atom is -0.497 e. The fourth-order valence-electron chi connectivity index (χ4n) is 3.10. The van der Waals surface area contributed by atoms with Gasteiger partial charge in [-0.05, 0) is 31.0 Å². The highest BCUT2D eigenvalue weighted by molar-refractivity contribution is 5.68. The molecule has 2 heterocycles. The Balaban J connectivity index is 1.71. The molecule has 0 radical (unpaired) electrons. The van der Waals surface area contributed by atoms with E-state index in [9.17, 15) is 9.59 Å². The molecule has 8 nitrogen and oxygen atoms in total. The molecular weight excluding hydrogens is 350 g/mol. The maximum atomic E-state index is 12.7. The van der Waals surface area contributed by atoms with Crippen molar-refractivity contribution in [1.29, 1.82) is 0 Å². The monoisotopic (exact) mass is 373 g/mol. The third-order valence-electron chi connectivity index (χ3n) is 4.74. The Morgan fingerprint density at radius 2 is 2.07 bits per heavy atom. The van der Waals surface area contributed by atoms with Crippen molar-refractivity contribution in [3.8, 4) is 5.75 Å². The first kappa shape index (κ1) is 18.9. The van der Waals surface area contributed by atoms with Crippen LogP contribution in [0.15, 0.2) is 35.3 Å². The Morgan fingerprint density at radius 3 is 2.67 bits per heavy atom. The van der Waals surface area contributed by atoms with Gasteiger partial charge < -0.3 is 19.5 Å². The van der Waals surface area contributed by atoms with Crippen LogP contribution in [-0.2, 0) is 16.1 Å². The number of carbonyl (C=O) groups is 1. The zero-order valence-corrected chi connectivity index (χ0v) is 15.4. The van der Waals surface area contributed by atoms with Gasteiger partial charge in [-0.1, -0.05) is 12.1 Å². The lowest BCUT2D eigenvalue weighted by Gasteiger charge is -2.43. The van der Waals surface area contributed by atoms with E-state index in [4.69, 9.17) is 14.6 Å². The largest absolute Gasteiger partial charge is 0.497 e. The van der Waals surface area contributed by atoms with Crippen LogP contribution in [0, 0.1) is 6.92 Å². The van der Waals surface area contributed by atoms with Crippen molar-refractivity contribution in [2.75, 3.05) is 31.8 Å². The second-order valence-electron chi connectivity index (χ2n) is 6.51. The fraction of sp³-hybridized carbons (Fsp3) is 0.421. The summed E-state index contributed by atoms with van der Waals surface area (Å²) in [4.78, 5) is 25.3. The van der Waals surface area contributed by atoms with E-state index in [1.807, 2.05) is 29.2 Å². The standard InChI is InChI=1S/C19H23N3O5/c1-13-17(21-8-7-15(21)11-27-12-18(23)24)9-20-22(19(13)25)10-14-3-5-16(26-2)6-4-14/h3-6,9,15H,7-8,10-12H2,1-2H3,(H,23,24)/t15-/m0/s1. The van der Waals surface area contributed by atoms with E-state index in [2.05, 4.69) is 5.10 Å². The third-order valence-corrected chi connectivity index (χ3v) is 4.74. The van der Waals surface area contributed by atoms with Crippen LogP contribution in [0.5, 0.6) is 5.75 Å². The van der Waals surface area contributed by atoms with Crippen molar-refractivity contribution in [1.82, 2.24) is 9.78 Å². The van der Waals surface area contributed by atoms with E-state index in [-0.39, 0.29) is 18.2 Å². The Labute approximate surface area is 156 Å². The predicted octanol–water partition coefficient (Wildman–Crippen LogP) is 1.29. The number of anilines is 1. The lowest BCUT2D eigenvalue weighted by Crippen LogP contribution is -2.51. The summed E-state index contributed by atoms with van der Waals surface area (Å²) < 4.78 is 11.8. The van der Waals surface area contributed by atoms with Gasteiger partial charge in [-0.3, -0.25) is 4.79 Å². The molecule has 8 heteroatoms. The van der Waals surface area contributed by atoms with Gasteiger partial charge in [0.25, 0.3) is 5.56 Å². The molecule has 2 aromatic rings. The minimum atomic E-state index is -0.986. The van der Waals surface area contributed by atoms with Crippen LogP contribution < -0.4 is 15.2 Å². The number of rotatable bonds is 8. The van der Waals surface area contributed by atoms with Crippen LogP contribution in [-0.4, -0.2) is 53.8 Å². The third kappa shape index (κ3) is 4.28. The number of hydrogen-bond acceptors (Lipinski definition) is 6. The lowest BCUT2D eigenvalue weighted by atomic mass is 10.0. The van der Waals surface area contributed by atoms with E-state index in [1.54, 1.807) is 20.2 Å². The first-order valence-corrected chi connectivity index (χ1v) is 8.75. The highest BCUT2D eigenvalue weighted by Gasteiger charge is 2.30. The van der Waals surface area contributed by atoms with Gasteiger partial charge in [0.15, 0.2) is 0 Å². The molecule has 27 heavy (non-hydrogen) atoms. The van der Waals surface area contributed by atoms with Crippen LogP contribution in [0.1, 0.15) is 17.5 Å². The molecule has 144 valence electrons. The minimum absolute atomic E-state index is 0.0710. The molecule has 1 aliphatic heterocycles. The predicted molar refractivity (Wildman–Crippen MR) is 99.5 cm³/mol. The summed E-state index contributed by atoms with van der Waals surface area (Å²) in [5.74, 6) is -0.223. The number of aromatic nitrogens is 2. The summed E-state index contributed by atoms with van der Waals surface area (Å²) in [6.07, 6.45) is 2.59. The summed E-state index contributed by atoms with van der Waals surface area (Å²) in [5, 5.41) is 13.0. The summed E-state index contributed by atoms with van der Waals surface area (Å²) in [7, 11) is 1.61. The molecule has 0 saturated carbocycles. The maximum Gasteiger partial charge on any atom is 0.329 e. The maximum absolute atomic E-state index is 12.7. The number of carboxylic acid groups (broad SMARTS) is 1. The Kier molecular flexibility index (Phi) is 5.75. The molecule has 0 aliphatic carbocycles. The van der Waals surface area contributed by atoms with Crippen molar-refractivity contribution >= 4 is 11.7 Å². The summed E-state index contributed by atoms with van der Waals surface area (Å²) >= 11 is 0. The molecule has 3 rings (SSSR count). The molecule has 1 aliphatic rings. The summed E-state index contributed by atoms with van der Waals surface area (Å²) in [6.45, 7) is 2.98. The number of aliphatic carboxylic acids is 1. The van der Waals surface area contributed by atoms with Gasteiger partial charge in [0.1, 0.15) is 12.4 Å². The highest BCUT2D eigenvalue weighted by atomic mass is 16.5. The lowest BCUT2D eigenvalue weighted by molar-refractivity contribution is -0.142. The molecule has 1 aromatic carbocycles. The first-order chi connectivity index (χ1) is 13.0. The average Bonchev–Trinajstić information content (AvgIpc) is 2.64. The van der Waals surface area contributed by atoms with Crippen LogP contribution in [0.25, 0.3) is 0 Å². The van der Waals surface area contributed by atoms with Crippen LogP contribution >= 0.6 is 0 Å². The number of hydrogen-bond donors (Lipinski definition) is 1. The number of carboxylic acids is 1.